The maximum Gasteiger partial charge on any atom is 0.261 e. The summed E-state index contributed by atoms with van der Waals surface area (Å²) in [6, 6.07) is 9.09. The third-order valence-corrected chi connectivity index (χ3v) is 4.08. The third-order valence-electron chi connectivity index (χ3n) is 3.47. The number of anilines is 1. The van der Waals surface area contributed by atoms with Gasteiger partial charge in [-0.3, -0.25) is 4.79 Å². The average Bonchev–Trinajstić information content (AvgIpc) is 2.50. The lowest BCUT2D eigenvalue weighted by Gasteiger charge is -2.16. The highest BCUT2D eigenvalue weighted by Gasteiger charge is 2.20. The standard InChI is InChI=1S/C17H17Cl2NO2/c1-4-11-7-5-6-10(2)15(11)20-17(21)14-12(18)8-9-13(19)16(14)22-3/h5-9H,4H2,1-3H3,(H,20,21). The van der Waals surface area contributed by atoms with E-state index in [1.54, 1.807) is 12.1 Å². The van der Waals surface area contributed by atoms with Crippen LogP contribution in [0.2, 0.25) is 10.0 Å². The first-order valence-corrected chi connectivity index (χ1v) is 7.67. The van der Waals surface area contributed by atoms with E-state index in [0.717, 1.165) is 23.2 Å². The van der Waals surface area contributed by atoms with Crippen LogP contribution in [0.3, 0.4) is 0 Å². The van der Waals surface area contributed by atoms with Crippen LogP contribution in [0, 0.1) is 6.92 Å². The molecule has 2 aromatic carbocycles. The Morgan fingerprint density at radius 2 is 1.86 bits per heavy atom. The second-order valence-corrected chi connectivity index (χ2v) is 5.67. The molecule has 0 heterocycles. The van der Waals surface area contributed by atoms with Gasteiger partial charge in [-0.05, 0) is 36.6 Å². The second-order valence-electron chi connectivity index (χ2n) is 4.85. The van der Waals surface area contributed by atoms with Gasteiger partial charge >= 0.3 is 0 Å². The zero-order valence-electron chi connectivity index (χ0n) is 12.7. The molecule has 0 fully saturated rings. The molecule has 1 N–H and O–H groups in total. The molecule has 0 aliphatic rings. The summed E-state index contributed by atoms with van der Waals surface area (Å²) in [6.45, 7) is 3.99. The van der Waals surface area contributed by atoms with E-state index in [4.69, 9.17) is 27.9 Å². The molecule has 0 atom stereocenters. The van der Waals surface area contributed by atoms with Crippen LogP contribution in [0.15, 0.2) is 30.3 Å². The van der Waals surface area contributed by atoms with Crippen molar-refractivity contribution in [3.05, 3.63) is 57.1 Å². The average molecular weight is 338 g/mol. The Morgan fingerprint density at radius 3 is 2.50 bits per heavy atom. The molecule has 2 rings (SSSR count). The van der Waals surface area contributed by atoms with E-state index in [9.17, 15) is 4.79 Å². The maximum absolute atomic E-state index is 12.7. The Kier molecular flexibility index (Phi) is 5.33. The first kappa shape index (κ1) is 16.7. The quantitative estimate of drug-likeness (QED) is 0.840. The molecule has 0 saturated carbocycles. The molecule has 22 heavy (non-hydrogen) atoms. The lowest BCUT2D eigenvalue weighted by atomic mass is 10.1. The molecule has 0 bridgehead atoms. The summed E-state index contributed by atoms with van der Waals surface area (Å²) in [5.41, 5.74) is 3.09. The summed E-state index contributed by atoms with van der Waals surface area (Å²) < 4.78 is 5.23. The van der Waals surface area contributed by atoms with Gasteiger partial charge in [0.25, 0.3) is 5.91 Å². The molecular formula is C17H17Cl2NO2. The van der Waals surface area contributed by atoms with Gasteiger partial charge in [-0.1, -0.05) is 48.3 Å². The van der Waals surface area contributed by atoms with Crippen molar-refractivity contribution in [2.24, 2.45) is 0 Å². The van der Waals surface area contributed by atoms with Crippen LogP contribution in [-0.4, -0.2) is 13.0 Å². The number of benzene rings is 2. The number of carbonyl (C=O) groups is 1. The first-order chi connectivity index (χ1) is 10.5. The highest BCUT2D eigenvalue weighted by Crippen LogP contribution is 2.34. The Bertz CT molecular complexity index is 714. The molecule has 0 aliphatic carbocycles. The van der Waals surface area contributed by atoms with E-state index in [-0.39, 0.29) is 17.2 Å². The van der Waals surface area contributed by atoms with Gasteiger partial charge in [-0.15, -0.1) is 0 Å². The van der Waals surface area contributed by atoms with Gasteiger partial charge in [0, 0.05) is 5.69 Å². The largest absolute Gasteiger partial charge is 0.494 e. The monoisotopic (exact) mass is 337 g/mol. The smallest absolute Gasteiger partial charge is 0.261 e. The predicted molar refractivity (Wildman–Crippen MR) is 91.5 cm³/mol. The van der Waals surface area contributed by atoms with E-state index in [0.29, 0.717) is 10.0 Å². The summed E-state index contributed by atoms with van der Waals surface area (Å²) in [5.74, 6) is -0.0633. The summed E-state index contributed by atoms with van der Waals surface area (Å²) in [7, 11) is 1.46. The van der Waals surface area contributed by atoms with Crippen LogP contribution in [0.5, 0.6) is 5.75 Å². The zero-order valence-corrected chi connectivity index (χ0v) is 14.2. The minimum absolute atomic E-state index is 0.238. The number of rotatable bonds is 4. The molecule has 0 aliphatic heterocycles. The van der Waals surface area contributed by atoms with Gasteiger partial charge in [0.1, 0.15) is 5.56 Å². The molecular weight excluding hydrogens is 321 g/mol. The molecule has 5 heteroatoms. The number of methoxy groups -OCH3 is 1. The predicted octanol–water partition coefficient (Wildman–Crippen LogP) is 5.13. The van der Waals surface area contributed by atoms with Crippen LogP contribution >= 0.6 is 23.2 Å². The van der Waals surface area contributed by atoms with Crippen molar-refractivity contribution in [3.63, 3.8) is 0 Å². The van der Waals surface area contributed by atoms with Gasteiger partial charge in [0.15, 0.2) is 5.75 Å². The molecule has 2 aromatic rings. The van der Waals surface area contributed by atoms with Crippen molar-refractivity contribution in [2.75, 3.05) is 12.4 Å². The number of carbonyl (C=O) groups excluding carboxylic acids is 1. The van der Waals surface area contributed by atoms with Crippen molar-refractivity contribution in [1.29, 1.82) is 0 Å². The molecule has 0 radical (unpaired) electrons. The van der Waals surface area contributed by atoms with E-state index in [2.05, 4.69) is 5.32 Å². The van der Waals surface area contributed by atoms with Gasteiger partial charge in [-0.25, -0.2) is 0 Å². The van der Waals surface area contributed by atoms with E-state index in [1.165, 1.54) is 7.11 Å². The second kappa shape index (κ2) is 7.03. The highest BCUT2D eigenvalue weighted by atomic mass is 35.5. The lowest BCUT2D eigenvalue weighted by molar-refractivity contribution is 0.102. The molecule has 116 valence electrons. The van der Waals surface area contributed by atoms with E-state index >= 15 is 0 Å². The number of hydrogen-bond donors (Lipinski definition) is 1. The minimum atomic E-state index is -0.339. The van der Waals surface area contributed by atoms with Gasteiger partial charge in [-0.2, -0.15) is 0 Å². The van der Waals surface area contributed by atoms with Crippen molar-refractivity contribution in [2.45, 2.75) is 20.3 Å². The fourth-order valence-electron chi connectivity index (χ4n) is 2.32. The number of amides is 1. The molecule has 0 unspecified atom stereocenters. The number of ether oxygens (including phenoxy) is 1. The van der Waals surface area contributed by atoms with Gasteiger partial charge in [0.2, 0.25) is 0 Å². The highest BCUT2D eigenvalue weighted by molar-refractivity contribution is 6.37. The first-order valence-electron chi connectivity index (χ1n) is 6.91. The summed E-state index contributed by atoms with van der Waals surface area (Å²) in [6.07, 6.45) is 0.817. The van der Waals surface area contributed by atoms with Crippen LogP contribution in [0.1, 0.15) is 28.4 Å². The van der Waals surface area contributed by atoms with Crippen molar-refractivity contribution < 1.29 is 9.53 Å². The fourth-order valence-corrected chi connectivity index (χ4v) is 2.79. The van der Waals surface area contributed by atoms with Gasteiger partial charge in [0.05, 0.1) is 17.2 Å². The molecule has 0 spiro atoms. The van der Waals surface area contributed by atoms with Gasteiger partial charge < -0.3 is 10.1 Å². The van der Waals surface area contributed by atoms with Crippen LogP contribution in [0.4, 0.5) is 5.69 Å². The van der Waals surface area contributed by atoms with Crippen molar-refractivity contribution in [3.8, 4) is 5.75 Å². The minimum Gasteiger partial charge on any atom is -0.494 e. The molecule has 0 aromatic heterocycles. The number of aryl methyl sites for hydroxylation is 2. The normalized spacial score (nSPS) is 10.4. The van der Waals surface area contributed by atoms with Crippen LogP contribution in [0.25, 0.3) is 0 Å². The van der Waals surface area contributed by atoms with Crippen molar-refractivity contribution in [1.82, 2.24) is 0 Å². The Balaban J connectivity index is 2.45. The number of halogens is 2. The number of nitrogens with one attached hydrogen (secondary N) is 1. The number of para-hydroxylation sites is 1. The lowest BCUT2D eigenvalue weighted by Crippen LogP contribution is -2.16. The zero-order chi connectivity index (χ0) is 16.3. The molecule has 1 amide bonds. The SMILES string of the molecule is CCc1cccc(C)c1NC(=O)c1c(Cl)ccc(Cl)c1OC. The summed E-state index contributed by atoms with van der Waals surface area (Å²) in [5, 5.41) is 3.57. The third kappa shape index (κ3) is 3.21. The summed E-state index contributed by atoms with van der Waals surface area (Å²) in [4.78, 5) is 12.7. The Morgan fingerprint density at radius 1 is 1.18 bits per heavy atom. The topological polar surface area (TPSA) is 38.3 Å². The number of hydrogen-bond acceptors (Lipinski definition) is 2. The van der Waals surface area contributed by atoms with E-state index < -0.39 is 0 Å². The fraction of sp³-hybridized carbons (Fsp3) is 0.235. The molecule has 3 nitrogen and oxygen atoms in total. The Hall–Kier alpha value is -1.71. The summed E-state index contributed by atoms with van der Waals surface area (Å²) >= 11 is 12.2. The van der Waals surface area contributed by atoms with Crippen LogP contribution in [-0.2, 0) is 6.42 Å². The van der Waals surface area contributed by atoms with E-state index in [1.807, 2.05) is 32.0 Å². The Labute approximate surface area is 140 Å². The van der Waals surface area contributed by atoms with Crippen molar-refractivity contribution >= 4 is 34.8 Å². The molecule has 0 saturated heterocycles. The van der Waals surface area contributed by atoms with Crippen LogP contribution < -0.4 is 10.1 Å². The maximum atomic E-state index is 12.7.